The van der Waals surface area contributed by atoms with Crippen molar-refractivity contribution in [2.45, 2.75) is 39.3 Å². The molecule has 3 aliphatic heterocycles. The summed E-state index contributed by atoms with van der Waals surface area (Å²) in [7, 11) is 0. The fourth-order valence-corrected chi connectivity index (χ4v) is 9.40. The van der Waals surface area contributed by atoms with Gasteiger partial charge in [0.15, 0.2) is 11.7 Å². The summed E-state index contributed by atoms with van der Waals surface area (Å²) < 4.78 is 7.20. The Morgan fingerprint density at radius 1 is 0.840 bits per heavy atom. The van der Waals surface area contributed by atoms with Gasteiger partial charge < -0.3 is 10.1 Å². The van der Waals surface area contributed by atoms with Gasteiger partial charge in [0.05, 0.1) is 46.3 Å². The Bertz CT molecular complexity index is 3800. The van der Waals surface area contributed by atoms with Gasteiger partial charge in [-0.1, -0.05) is 66.1 Å². The summed E-state index contributed by atoms with van der Waals surface area (Å²) in [5.74, 6) is 1.65. The minimum Gasteiger partial charge on any atom is -0.488 e. The van der Waals surface area contributed by atoms with Crippen LogP contribution in [0.25, 0.3) is 16.7 Å². The standard InChI is InChI=1S/C65H49N9O/c1-4-69-64(72-45(3)47-17-11-7-12-18-47)49-22-24-54-38-52(36-49)53-37-50(65-71-31-28-60(73-65)48-19-9-5-6-10-20-48)23-25-55(39-53)74(54)56-26-27-57(61-43-68-32-33-70-61)63-59(40-56)58(62(75-63)35-46-16-15-30-66-41-46)34-44(2)51-21-13-8-14-29-67-42-51/h4-5,7-13,15-20,22-26,28-34,36-37,40-41,43,45,59,63,67H,35,42H2,1-3H3/b44-34+,69-4?,72-64?/t14?,21?,45?,59?,63-/m0/s1. The average molecular weight is 972 g/mol. The number of aromatic nitrogens is 5. The molecule has 0 spiro atoms. The van der Waals surface area contributed by atoms with Crippen molar-refractivity contribution in [3.8, 4) is 0 Å². The molecule has 4 aromatic rings. The minimum absolute atomic E-state index is 0.162. The highest BCUT2D eigenvalue weighted by atomic mass is 16.5. The van der Waals surface area contributed by atoms with Crippen molar-refractivity contribution in [3.05, 3.63) is 308 Å². The smallest absolute Gasteiger partial charge is 0.159 e. The monoisotopic (exact) mass is 971 g/mol. The van der Waals surface area contributed by atoms with E-state index in [0.29, 0.717) is 30.3 Å². The van der Waals surface area contributed by atoms with Gasteiger partial charge >= 0.3 is 0 Å². The molecular formula is C65H49N9O. The van der Waals surface area contributed by atoms with Gasteiger partial charge in [0, 0.05) is 107 Å². The summed E-state index contributed by atoms with van der Waals surface area (Å²) >= 11 is 0. The first-order chi connectivity index (χ1) is 37.0. The fraction of sp³-hybridized carbons (Fsp3) is 0.123. The largest absolute Gasteiger partial charge is 0.488 e. The first-order valence-corrected chi connectivity index (χ1v) is 24.8. The number of ether oxygens (including phenoxy) is 1. The molecule has 4 bridgehead atoms. The Morgan fingerprint density at radius 2 is 1.71 bits per heavy atom. The normalized spacial score (nSPS) is 20.0. The maximum absolute atomic E-state index is 7.20. The maximum Gasteiger partial charge on any atom is 0.159 e. The molecule has 0 fully saturated rings. The zero-order chi connectivity index (χ0) is 50.9. The quantitative estimate of drug-likeness (QED) is 0.0898. The molecule has 3 atom stereocenters. The molecule has 10 nitrogen and oxygen atoms in total. The number of nitrogens with one attached hydrogen (secondary N) is 1. The summed E-state index contributed by atoms with van der Waals surface area (Å²) in [6.45, 7) is 6.70. The molecule has 75 heavy (non-hydrogen) atoms. The number of allylic oxidation sites excluding steroid dienone is 15. The highest BCUT2D eigenvalue weighted by Crippen LogP contribution is 2.45. The van der Waals surface area contributed by atoms with E-state index in [1.807, 2.05) is 98.3 Å². The molecule has 1 aromatic carbocycles. The molecule has 0 radical (unpaired) electrons. The van der Waals surface area contributed by atoms with E-state index in [4.69, 9.17) is 29.7 Å². The van der Waals surface area contributed by atoms with Gasteiger partial charge in [-0.2, -0.15) is 0 Å². The highest BCUT2D eigenvalue weighted by Gasteiger charge is 2.40. The van der Waals surface area contributed by atoms with Crippen molar-refractivity contribution >= 4 is 28.8 Å². The lowest BCUT2D eigenvalue weighted by Gasteiger charge is -2.26. The van der Waals surface area contributed by atoms with Crippen molar-refractivity contribution in [2.75, 3.05) is 6.54 Å². The molecule has 0 amide bonds. The van der Waals surface area contributed by atoms with Crippen molar-refractivity contribution in [1.29, 1.82) is 0 Å². The number of nitrogens with zero attached hydrogens (tertiary/aromatic N) is 8. The Kier molecular flexibility index (Phi) is 13.8. The highest BCUT2D eigenvalue weighted by molar-refractivity contribution is 6.05. The molecule has 360 valence electrons. The van der Waals surface area contributed by atoms with Crippen LogP contribution in [0.5, 0.6) is 0 Å². The zero-order valence-electron chi connectivity index (χ0n) is 41.6. The summed E-state index contributed by atoms with van der Waals surface area (Å²) in [4.78, 5) is 36.0. The number of rotatable bonds is 11. The third kappa shape index (κ3) is 10.5. The number of hydrogen-bond donors (Lipinski definition) is 1. The van der Waals surface area contributed by atoms with Crippen LogP contribution in [0.2, 0.25) is 0 Å². The number of fused-ring (bicyclic) bond motifs is 2. The van der Waals surface area contributed by atoms with Gasteiger partial charge in [0.1, 0.15) is 11.9 Å². The Morgan fingerprint density at radius 3 is 2.55 bits per heavy atom. The van der Waals surface area contributed by atoms with Gasteiger partial charge in [-0.05, 0) is 123 Å². The molecule has 0 saturated heterocycles. The molecule has 10 heteroatoms. The Hall–Kier alpha value is -9.95. The molecule has 7 aliphatic rings. The van der Waals surface area contributed by atoms with Crippen LogP contribution < -0.4 is 5.32 Å². The van der Waals surface area contributed by atoms with Crippen LogP contribution in [0.15, 0.2) is 290 Å². The van der Waals surface area contributed by atoms with E-state index < -0.39 is 6.10 Å². The number of pyridine rings is 1. The zero-order valence-corrected chi connectivity index (χ0v) is 41.6. The summed E-state index contributed by atoms with van der Waals surface area (Å²) in [6.07, 6.45) is 46.7. The van der Waals surface area contributed by atoms with Crippen LogP contribution in [0.3, 0.4) is 0 Å². The van der Waals surface area contributed by atoms with E-state index in [2.05, 4.69) is 135 Å². The van der Waals surface area contributed by atoms with Crippen molar-refractivity contribution < 1.29 is 4.74 Å². The topological polar surface area (TPSA) is 114 Å². The number of benzene rings is 1. The van der Waals surface area contributed by atoms with Gasteiger partial charge in [0.2, 0.25) is 0 Å². The maximum atomic E-state index is 7.20. The predicted octanol–water partition coefficient (Wildman–Crippen LogP) is 12.1. The molecular weight excluding hydrogens is 923 g/mol. The van der Waals surface area contributed by atoms with Crippen LogP contribution in [0.4, 0.5) is 0 Å². The molecule has 3 aromatic heterocycles. The first-order valence-electron chi connectivity index (χ1n) is 24.8. The second kappa shape index (κ2) is 21.8. The van der Waals surface area contributed by atoms with Gasteiger partial charge in [-0.25, -0.2) is 15.0 Å². The van der Waals surface area contributed by atoms with Crippen LogP contribution in [0, 0.1) is 5.92 Å². The van der Waals surface area contributed by atoms with Crippen LogP contribution in [0.1, 0.15) is 55.2 Å². The van der Waals surface area contributed by atoms with E-state index in [1.165, 1.54) is 0 Å². The molecule has 2 unspecified atom stereocenters. The van der Waals surface area contributed by atoms with E-state index in [0.717, 1.165) is 89.8 Å². The fourth-order valence-electron chi connectivity index (χ4n) is 9.40. The van der Waals surface area contributed by atoms with E-state index >= 15 is 0 Å². The van der Waals surface area contributed by atoms with E-state index in [1.54, 1.807) is 37.2 Å². The molecule has 0 saturated carbocycles. The summed E-state index contributed by atoms with van der Waals surface area (Å²) in [5.41, 5.74) is 35.0. The molecule has 4 aliphatic carbocycles. The minimum atomic E-state index is -0.513. The van der Waals surface area contributed by atoms with E-state index in [-0.39, 0.29) is 12.0 Å². The lowest BCUT2D eigenvalue weighted by molar-refractivity contribution is 0.169. The number of hydrogen-bond acceptors (Lipinski definition) is 9. The SMILES string of the molecule is CC=NC(=NC(C)c1ccccc1)C1=CC2=C=C(C=C1)N(C1=CC3C(/C=C(\C)C4=C=CC=C=CNC4)=C(Cc4cccnc4)O[C@H]3C(c3cnccn3)=C=C1)C1=C=C2C=C(c2nccc(C3=CC=C=CC=C3)n2)C=C1. The second-order valence-electron chi connectivity index (χ2n) is 18.1. The molecule has 11 rings (SSSR count). The van der Waals surface area contributed by atoms with Gasteiger partial charge in [-0.15, -0.1) is 22.9 Å². The Labute approximate surface area is 436 Å². The summed E-state index contributed by atoms with van der Waals surface area (Å²) in [5, 5.41) is 3.35. The van der Waals surface area contributed by atoms with Crippen LogP contribution in [-0.2, 0) is 11.2 Å². The predicted molar refractivity (Wildman–Crippen MR) is 296 cm³/mol. The summed E-state index contributed by atoms with van der Waals surface area (Å²) in [6, 6.07) is 16.1. The third-order valence-electron chi connectivity index (χ3n) is 13.1. The van der Waals surface area contributed by atoms with Crippen LogP contribution in [-0.4, -0.2) is 54.5 Å². The van der Waals surface area contributed by atoms with Crippen LogP contribution >= 0.6 is 0 Å². The van der Waals surface area contributed by atoms with Gasteiger partial charge in [0.25, 0.3) is 0 Å². The first kappa shape index (κ1) is 47.4. The lowest BCUT2D eigenvalue weighted by Crippen LogP contribution is -2.22. The Balaban J connectivity index is 1.09. The van der Waals surface area contributed by atoms with Gasteiger partial charge in [-0.3, -0.25) is 24.8 Å². The average Bonchev–Trinajstić information content (AvgIpc) is 3.90. The van der Waals surface area contributed by atoms with Crippen molar-refractivity contribution in [3.63, 3.8) is 0 Å². The third-order valence-corrected chi connectivity index (χ3v) is 13.1. The van der Waals surface area contributed by atoms with E-state index in [9.17, 15) is 0 Å². The number of aliphatic imine (C=N–C) groups is 2. The lowest BCUT2D eigenvalue weighted by atomic mass is 9.87. The number of amidine groups is 1. The second-order valence-corrected chi connectivity index (χ2v) is 18.1. The van der Waals surface area contributed by atoms with Crippen molar-refractivity contribution in [2.24, 2.45) is 15.9 Å². The molecule has 6 heterocycles. The molecule has 1 N–H and O–H groups in total. The van der Waals surface area contributed by atoms with Crippen molar-refractivity contribution in [1.82, 2.24) is 35.1 Å².